The van der Waals surface area contributed by atoms with Gasteiger partial charge in [0, 0.05) is 13.0 Å². The van der Waals surface area contributed by atoms with E-state index in [0.29, 0.717) is 6.42 Å². The Morgan fingerprint density at radius 1 is 1.29 bits per heavy atom. The van der Waals surface area contributed by atoms with Crippen LogP contribution in [0.25, 0.3) is 0 Å². The molecule has 0 bridgehead atoms. The normalized spacial score (nSPS) is 24.7. The van der Waals surface area contributed by atoms with Crippen LogP contribution in [0, 0.1) is 17.3 Å². The molecule has 4 nitrogen and oxygen atoms in total. The van der Waals surface area contributed by atoms with E-state index >= 15 is 0 Å². The Morgan fingerprint density at radius 3 is 2.62 bits per heavy atom. The van der Waals surface area contributed by atoms with Gasteiger partial charge in [0.2, 0.25) is 11.8 Å². The lowest BCUT2D eigenvalue weighted by molar-refractivity contribution is -0.118. The first-order valence-corrected chi connectivity index (χ1v) is 8.67. The van der Waals surface area contributed by atoms with E-state index < -0.39 is 0 Å². The molecule has 1 saturated carbocycles. The van der Waals surface area contributed by atoms with Gasteiger partial charge in [-0.2, -0.15) is 0 Å². The Bertz CT molecular complexity index is 701. The number of hydrogen-bond acceptors (Lipinski definition) is 2. The number of hydrogen-bond donors (Lipinski definition) is 1. The van der Waals surface area contributed by atoms with Crippen molar-refractivity contribution in [1.82, 2.24) is 0 Å². The van der Waals surface area contributed by atoms with Crippen LogP contribution in [0.2, 0.25) is 0 Å². The highest BCUT2D eigenvalue weighted by Crippen LogP contribution is 2.59. The minimum absolute atomic E-state index is 0.0141. The Hall–Kier alpha value is -2.10. The summed E-state index contributed by atoms with van der Waals surface area (Å²) in [7, 11) is 0. The van der Waals surface area contributed by atoms with E-state index in [1.807, 2.05) is 24.3 Å². The zero-order valence-corrected chi connectivity index (χ0v) is 14.9. The number of benzene rings is 1. The van der Waals surface area contributed by atoms with Crippen LogP contribution in [-0.4, -0.2) is 18.4 Å². The largest absolute Gasteiger partial charge is 0.324 e. The summed E-state index contributed by atoms with van der Waals surface area (Å²) in [6.45, 7) is 9.13. The molecule has 3 rings (SSSR count). The smallest absolute Gasteiger partial charge is 0.228 e. The fourth-order valence-electron chi connectivity index (χ4n) is 3.78. The Kier molecular flexibility index (Phi) is 4.24. The van der Waals surface area contributed by atoms with Crippen molar-refractivity contribution in [3.63, 3.8) is 0 Å². The van der Waals surface area contributed by atoms with Crippen LogP contribution in [0.15, 0.2) is 35.9 Å². The van der Waals surface area contributed by atoms with Crippen LogP contribution >= 0.6 is 0 Å². The lowest BCUT2D eigenvalue weighted by Crippen LogP contribution is -2.26. The molecule has 4 heteroatoms. The first-order valence-electron chi connectivity index (χ1n) is 8.67. The minimum Gasteiger partial charge on any atom is -0.324 e. The highest BCUT2D eigenvalue weighted by atomic mass is 16.2. The van der Waals surface area contributed by atoms with Crippen molar-refractivity contribution in [2.45, 2.75) is 40.5 Å². The summed E-state index contributed by atoms with van der Waals surface area (Å²) in [6, 6.07) is 7.59. The zero-order valence-electron chi connectivity index (χ0n) is 14.9. The molecule has 2 unspecified atom stereocenters. The molecule has 0 aromatic heterocycles. The summed E-state index contributed by atoms with van der Waals surface area (Å²) in [4.78, 5) is 26.6. The third-order valence-electron chi connectivity index (χ3n) is 5.23. The maximum atomic E-state index is 12.8. The standard InChI is InChI=1S/C20H26N2O2/c1-13(2)12-14-18(20(14,3)4)19(24)21-15-8-5-6-9-16(15)22-11-7-10-17(22)23/h5-6,8-9,12,14,18H,7,10-11H2,1-4H3,(H,21,24). The van der Waals surface area contributed by atoms with Crippen LogP contribution < -0.4 is 10.2 Å². The average Bonchev–Trinajstić information content (AvgIpc) is 2.83. The number of para-hydroxylation sites is 2. The summed E-state index contributed by atoms with van der Waals surface area (Å²) in [5.74, 6) is 0.435. The Labute approximate surface area is 143 Å². The van der Waals surface area contributed by atoms with Gasteiger partial charge in [0.15, 0.2) is 0 Å². The van der Waals surface area contributed by atoms with E-state index in [1.165, 1.54) is 5.57 Å². The van der Waals surface area contributed by atoms with Gasteiger partial charge in [-0.1, -0.05) is 37.6 Å². The third-order valence-corrected chi connectivity index (χ3v) is 5.23. The summed E-state index contributed by atoms with van der Waals surface area (Å²) < 4.78 is 0. The maximum absolute atomic E-state index is 12.8. The molecule has 1 aromatic rings. The second-order valence-electron chi connectivity index (χ2n) is 7.72. The van der Waals surface area contributed by atoms with Crippen LogP contribution in [0.4, 0.5) is 11.4 Å². The monoisotopic (exact) mass is 326 g/mol. The number of nitrogens with zero attached hydrogens (tertiary/aromatic N) is 1. The van der Waals surface area contributed by atoms with Crippen molar-refractivity contribution < 1.29 is 9.59 Å². The van der Waals surface area contributed by atoms with E-state index in [2.05, 4.69) is 39.1 Å². The summed E-state index contributed by atoms with van der Waals surface area (Å²) in [5, 5.41) is 3.07. The molecule has 24 heavy (non-hydrogen) atoms. The molecule has 1 aliphatic carbocycles. The second-order valence-corrected chi connectivity index (χ2v) is 7.72. The van der Waals surface area contributed by atoms with Gasteiger partial charge in [-0.3, -0.25) is 9.59 Å². The van der Waals surface area contributed by atoms with Crippen LogP contribution in [0.5, 0.6) is 0 Å². The summed E-state index contributed by atoms with van der Waals surface area (Å²) in [5.41, 5.74) is 2.77. The van der Waals surface area contributed by atoms with Gasteiger partial charge in [0.25, 0.3) is 0 Å². The molecule has 1 aromatic carbocycles. The van der Waals surface area contributed by atoms with Gasteiger partial charge < -0.3 is 10.2 Å². The number of nitrogens with one attached hydrogen (secondary N) is 1. The number of anilines is 2. The molecule has 1 heterocycles. The second kappa shape index (κ2) is 6.08. The maximum Gasteiger partial charge on any atom is 0.228 e. The van der Waals surface area contributed by atoms with Crippen molar-refractivity contribution in [2.75, 3.05) is 16.8 Å². The first-order chi connectivity index (χ1) is 11.3. The van der Waals surface area contributed by atoms with Crippen molar-refractivity contribution in [1.29, 1.82) is 0 Å². The fraction of sp³-hybridized carbons (Fsp3) is 0.500. The summed E-state index contributed by atoms with van der Waals surface area (Å²) in [6.07, 6.45) is 3.65. The van der Waals surface area contributed by atoms with E-state index in [-0.39, 0.29) is 29.1 Å². The van der Waals surface area contributed by atoms with Crippen molar-refractivity contribution in [3.05, 3.63) is 35.9 Å². The molecule has 2 fully saturated rings. The average molecular weight is 326 g/mol. The van der Waals surface area contributed by atoms with Gasteiger partial charge in [-0.15, -0.1) is 0 Å². The molecule has 0 radical (unpaired) electrons. The molecule has 2 aliphatic rings. The van der Waals surface area contributed by atoms with Gasteiger partial charge in [0.1, 0.15) is 0 Å². The molecule has 2 atom stereocenters. The Balaban J connectivity index is 1.79. The molecular weight excluding hydrogens is 300 g/mol. The molecule has 2 amide bonds. The number of amides is 2. The van der Waals surface area contributed by atoms with Gasteiger partial charge in [-0.25, -0.2) is 0 Å². The van der Waals surface area contributed by atoms with Crippen LogP contribution in [0.3, 0.4) is 0 Å². The van der Waals surface area contributed by atoms with E-state index in [0.717, 1.165) is 24.3 Å². The topological polar surface area (TPSA) is 49.4 Å². The minimum atomic E-state index is -0.0188. The van der Waals surface area contributed by atoms with Gasteiger partial charge >= 0.3 is 0 Å². The van der Waals surface area contributed by atoms with Crippen molar-refractivity contribution in [3.8, 4) is 0 Å². The third kappa shape index (κ3) is 2.97. The van der Waals surface area contributed by atoms with Crippen molar-refractivity contribution >= 4 is 23.2 Å². The van der Waals surface area contributed by atoms with E-state index in [1.54, 1.807) is 4.90 Å². The predicted molar refractivity (Wildman–Crippen MR) is 96.9 cm³/mol. The van der Waals surface area contributed by atoms with E-state index in [4.69, 9.17) is 0 Å². The quantitative estimate of drug-likeness (QED) is 0.851. The highest BCUT2D eigenvalue weighted by Gasteiger charge is 2.60. The molecule has 0 spiro atoms. The lowest BCUT2D eigenvalue weighted by atomic mass is 10.1. The first kappa shape index (κ1) is 16.7. The molecule has 128 valence electrons. The zero-order chi connectivity index (χ0) is 17.5. The Morgan fingerprint density at radius 2 is 2.00 bits per heavy atom. The molecule has 1 N–H and O–H groups in total. The molecule has 1 saturated heterocycles. The number of carbonyl (C=O) groups excluding carboxylic acids is 2. The van der Waals surface area contributed by atoms with E-state index in [9.17, 15) is 9.59 Å². The SMILES string of the molecule is CC(C)=CC1C(C(=O)Nc2ccccc2N2CCCC2=O)C1(C)C. The van der Waals surface area contributed by atoms with Gasteiger partial charge in [-0.05, 0) is 43.7 Å². The number of rotatable bonds is 4. The lowest BCUT2D eigenvalue weighted by Gasteiger charge is -2.20. The molecule has 1 aliphatic heterocycles. The summed E-state index contributed by atoms with van der Waals surface area (Å²) >= 11 is 0. The van der Waals surface area contributed by atoms with Crippen LogP contribution in [-0.2, 0) is 9.59 Å². The van der Waals surface area contributed by atoms with Crippen molar-refractivity contribution in [2.24, 2.45) is 17.3 Å². The molecular formula is C20H26N2O2. The predicted octanol–water partition coefficient (Wildman–Crippen LogP) is 3.99. The number of carbonyl (C=O) groups is 2. The highest BCUT2D eigenvalue weighted by molar-refractivity contribution is 6.03. The van der Waals surface area contributed by atoms with Crippen LogP contribution in [0.1, 0.15) is 40.5 Å². The number of allylic oxidation sites excluding steroid dienone is 2. The fourth-order valence-corrected chi connectivity index (χ4v) is 3.78. The van der Waals surface area contributed by atoms with Gasteiger partial charge in [0.05, 0.1) is 17.3 Å².